The maximum absolute atomic E-state index is 4.40. The van der Waals surface area contributed by atoms with Crippen molar-refractivity contribution in [3.63, 3.8) is 0 Å². The molecule has 0 amide bonds. The van der Waals surface area contributed by atoms with Crippen LogP contribution in [0.1, 0.15) is 37.7 Å². The van der Waals surface area contributed by atoms with Gasteiger partial charge in [0.15, 0.2) is 5.96 Å². The Morgan fingerprint density at radius 2 is 1.80 bits per heavy atom. The first kappa shape index (κ1) is 25.7. The summed E-state index contributed by atoms with van der Waals surface area (Å²) in [5.41, 5.74) is 1.43. The van der Waals surface area contributed by atoms with Crippen LogP contribution in [-0.4, -0.2) is 79.6 Å². The van der Waals surface area contributed by atoms with Crippen molar-refractivity contribution in [2.24, 2.45) is 4.99 Å². The van der Waals surface area contributed by atoms with Gasteiger partial charge in [-0.2, -0.15) is 11.8 Å². The minimum Gasteiger partial charge on any atom is -0.356 e. The normalized spacial score (nSPS) is 23.2. The van der Waals surface area contributed by atoms with Gasteiger partial charge in [-0.25, -0.2) is 0 Å². The Hall–Kier alpha value is -0.510. The van der Waals surface area contributed by atoms with Crippen LogP contribution in [0.2, 0.25) is 0 Å². The van der Waals surface area contributed by atoms with Gasteiger partial charge in [0, 0.05) is 57.6 Å². The lowest BCUT2D eigenvalue weighted by Crippen LogP contribution is -2.46. The molecule has 2 fully saturated rings. The quantitative estimate of drug-likeness (QED) is 0.215. The molecule has 2 N–H and O–H groups in total. The van der Waals surface area contributed by atoms with E-state index in [9.17, 15) is 0 Å². The summed E-state index contributed by atoms with van der Waals surface area (Å²) in [6.07, 6.45) is 8.53. The fourth-order valence-corrected chi connectivity index (χ4v) is 5.15. The van der Waals surface area contributed by atoms with Gasteiger partial charge in [-0.15, -0.1) is 24.0 Å². The number of nitrogens with one attached hydrogen (secondary N) is 2. The van der Waals surface area contributed by atoms with Crippen molar-refractivity contribution >= 4 is 41.7 Å². The largest absolute Gasteiger partial charge is 0.356 e. The number of halogens is 1. The second-order valence-electron chi connectivity index (χ2n) is 8.32. The lowest BCUT2D eigenvalue weighted by atomic mass is 10.2. The number of unbranched alkanes of at least 4 members (excludes halogenated alkanes) is 1. The third-order valence-electron chi connectivity index (χ3n) is 6.19. The first-order valence-electron chi connectivity index (χ1n) is 11.3. The third-order valence-corrected chi connectivity index (χ3v) is 7.28. The molecule has 3 rings (SSSR count). The predicted octanol–water partition coefficient (Wildman–Crippen LogP) is 3.65. The fourth-order valence-electron chi connectivity index (χ4n) is 4.35. The molecular formula is C23H40IN5S. The van der Waals surface area contributed by atoms with E-state index in [1.54, 1.807) is 0 Å². The number of guanidine groups is 1. The lowest BCUT2D eigenvalue weighted by Gasteiger charge is -2.34. The molecule has 1 aliphatic carbocycles. The number of aliphatic imine (C=N–C) groups is 1. The van der Waals surface area contributed by atoms with E-state index >= 15 is 0 Å². The Bertz CT molecular complexity index is 607. The van der Waals surface area contributed by atoms with Gasteiger partial charge in [-0.3, -0.25) is 9.89 Å². The molecule has 7 heteroatoms. The van der Waals surface area contributed by atoms with Gasteiger partial charge in [0.25, 0.3) is 0 Å². The molecule has 0 spiro atoms. The second-order valence-corrected chi connectivity index (χ2v) is 9.46. The predicted molar refractivity (Wildman–Crippen MR) is 142 cm³/mol. The maximum atomic E-state index is 4.40. The Kier molecular flexibility index (Phi) is 12.5. The zero-order chi connectivity index (χ0) is 20.3. The van der Waals surface area contributed by atoms with Gasteiger partial charge in [-0.1, -0.05) is 30.3 Å². The number of rotatable bonds is 9. The van der Waals surface area contributed by atoms with E-state index in [1.807, 2.05) is 18.8 Å². The molecule has 170 valence electrons. The molecule has 30 heavy (non-hydrogen) atoms. The van der Waals surface area contributed by atoms with Crippen LogP contribution in [0.4, 0.5) is 0 Å². The molecule has 1 saturated heterocycles. The monoisotopic (exact) mass is 545 g/mol. The average Bonchev–Trinajstić information content (AvgIpc) is 3.22. The first-order valence-corrected chi connectivity index (χ1v) is 12.5. The van der Waals surface area contributed by atoms with Crippen LogP contribution < -0.4 is 10.6 Å². The molecule has 1 aromatic rings. The summed E-state index contributed by atoms with van der Waals surface area (Å²) in [6, 6.07) is 11.4. The summed E-state index contributed by atoms with van der Waals surface area (Å²) in [5, 5.41) is 7.93. The number of nitrogens with zero attached hydrogens (tertiary/aromatic N) is 3. The Balaban J connectivity index is 0.00000320. The maximum Gasteiger partial charge on any atom is 0.191 e. The smallest absolute Gasteiger partial charge is 0.191 e. The highest BCUT2D eigenvalue weighted by molar-refractivity contribution is 14.0. The molecule has 2 unspecified atom stereocenters. The number of thioether (sulfide) groups is 1. The highest BCUT2D eigenvalue weighted by Crippen LogP contribution is 2.27. The van der Waals surface area contributed by atoms with Crippen LogP contribution >= 0.6 is 35.7 Å². The first-order chi connectivity index (χ1) is 14.3. The van der Waals surface area contributed by atoms with Crippen LogP contribution in [0.25, 0.3) is 0 Å². The highest BCUT2D eigenvalue weighted by Gasteiger charge is 2.24. The van der Waals surface area contributed by atoms with E-state index in [4.69, 9.17) is 0 Å². The minimum absolute atomic E-state index is 0. The molecular weight excluding hydrogens is 505 g/mol. The van der Waals surface area contributed by atoms with Crippen molar-refractivity contribution in [3.8, 4) is 0 Å². The van der Waals surface area contributed by atoms with E-state index in [0.29, 0.717) is 6.04 Å². The summed E-state index contributed by atoms with van der Waals surface area (Å²) in [5.74, 6) is 0.978. The molecule has 1 saturated carbocycles. The van der Waals surface area contributed by atoms with Crippen LogP contribution in [-0.2, 0) is 6.54 Å². The summed E-state index contributed by atoms with van der Waals surface area (Å²) in [7, 11) is 1.88. The van der Waals surface area contributed by atoms with Crippen LogP contribution in [0.5, 0.6) is 0 Å². The molecule has 1 aliphatic heterocycles. The average molecular weight is 546 g/mol. The molecule has 5 nitrogen and oxygen atoms in total. The molecule has 1 heterocycles. The molecule has 0 radical (unpaired) electrons. The zero-order valence-electron chi connectivity index (χ0n) is 18.7. The van der Waals surface area contributed by atoms with Gasteiger partial charge in [0.1, 0.15) is 0 Å². The van der Waals surface area contributed by atoms with Crippen molar-refractivity contribution in [3.05, 3.63) is 35.9 Å². The Labute approximate surface area is 204 Å². The Morgan fingerprint density at radius 3 is 2.47 bits per heavy atom. The summed E-state index contributed by atoms with van der Waals surface area (Å²) in [6.45, 7) is 8.06. The molecule has 0 bridgehead atoms. The van der Waals surface area contributed by atoms with Gasteiger partial charge >= 0.3 is 0 Å². The number of benzene rings is 1. The van der Waals surface area contributed by atoms with Crippen LogP contribution in [0, 0.1) is 0 Å². The summed E-state index contributed by atoms with van der Waals surface area (Å²) >= 11 is 2.00. The number of piperazine rings is 1. The third kappa shape index (κ3) is 8.93. The van der Waals surface area contributed by atoms with E-state index < -0.39 is 0 Å². The van der Waals surface area contributed by atoms with Crippen molar-refractivity contribution < 1.29 is 0 Å². The van der Waals surface area contributed by atoms with E-state index in [-0.39, 0.29) is 24.0 Å². The van der Waals surface area contributed by atoms with Crippen molar-refractivity contribution in [2.75, 3.05) is 52.6 Å². The van der Waals surface area contributed by atoms with E-state index in [1.165, 1.54) is 70.4 Å². The minimum atomic E-state index is 0. The molecule has 2 aliphatic rings. The molecule has 1 aromatic carbocycles. The van der Waals surface area contributed by atoms with Gasteiger partial charge in [0.05, 0.1) is 0 Å². The van der Waals surface area contributed by atoms with Gasteiger partial charge in [-0.05, 0) is 50.5 Å². The SMILES string of the molecule is CN=C(NCCCCN1CCN(Cc2ccccc2)CC1)NC1CCC(SC)C1.I. The number of hydrogen-bond acceptors (Lipinski definition) is 4. The fraction of sp³-hybridized carbons (Fsp3) is 0.696. The van der Waals surface area contributed by atoms with Gasteiger partial charge in [0.2, 0.25) is 0 Å². The highest BCUT2D eigenvalue weighted by atomic mass is 127. The standard InChI is InChI=1S/C23H39N5S.HI/c1-24-23(26-21-10-11-22(18-21)29-2)25-12-6-7-13-27-14-16-28(17-15-27)19-20-8-4-3-5-9-20;/h3-5,8-9,21-22H,6-7,10-19H2,1-2H3,(H2,24,25,26);1H. The molecule has 2 atom stereocenters. The molecule has 0 aromatic heterocycles. The van der Waals surface area contributed by atoms with Crippen LogP contribution in [0.3, 0.4) is 0 Å². The van der Waals surface area contributed by atoms with Gasteiger partial charge < -0.3 is 15.5 Å². The zero-order valence-corrected chi connectivity index (χ0v) is 21.8. The van der Waals surface area contributed by atoms with E-state index in [0.717, 1.165) is 24.3 Å². The second kappa shape index (κ2) is 14.5. The number of hydrogen-bond donors (Lipinski definition) is 2. The van der Waals surface area contributed by atoms with Crippen molar-refractivity contribution in [1.29, 1.82) is 0 Å². The lowest BCUT2D eigenvalue weighted by molar-refractivity contribution is 0.126. The summed E-state index contributed by atoms with van der Waals surface area (Å²) < 4.78 is 0. The van der Waals surface area contributed by atoms with Crippen LogP contribution in [0.15, 0.2) is 35.3 Å². The Morgan fingerprint density at radius 1 is 1.07 bits per heavy atom. The van der Waals surface area contributed by atoms with Crippen molar-refractivity contribution in [1.82, 2.24) is 20.4 Å². The van der Waals surface area contributed by atoms with E-state index in [2.05, 4.69) is 62.0 Å². The summed E-state index contributed by atoms with van der Waals surface area (Å²) in [4.78, 5) is 9.60. The topological polar surface area (TPSA) is 42.9 Å². The van der Waals surface area contributed by atoms with Crippen molar-refractivity contribution in [2.45, 2.75) is 49.9 Å².